The molecule has 2 aromatic heterocycles. The van der Waals surface area contributed by atoms with Gasteiger partial charge in [0.2, 0.25) is 11.5 Å². The van der Waals surface area contributed by atoms with Crippen molar-refractivity contribution in [2.24, 2.45) is 0 Å². The first-order chi connectivity index (χ1) is 9.83. The molecule has 0 aliphatic rings. The molecule has 0 aliphatic carbocycles. The van der Waals surface area contributed by atoms with Gasteiger partial charge in [0, 0.05) is 11.6 Å². The monoisotopic (exact) mass is 344 g/mol. The van der Waals surface area contributed by atoms with Gasteiger partial charge in [-0.3, -0.25) is 4.79 Å². The third kappa shape index (κ3) is 3.64. The largest absolute Gasteiger partial charge is 1.00 e. The summed E-state index contributed by atoms with van der Waals surface area (Å²) in [5.41, 5.74) is 1.45. The van der Waals surface area contributed by atoms with E-state index >= 15 is 0 Å². The number of nitrogens with zero attached hydrogens (tertiary/aromatic N) is 2. The second-order valence-electron chi connectivity index (χ2n) is 4.38. The van der Waals surface area contributed by atoms with E-state index < -0.39 is 0 Å². The van der Waals surface area contributed by atoms with Gasteiger partial charge < -0.3 is 21.4 Å². The molecule has 0 N–H and O–H groups in total. The van der Waals surface area contributed by atoms with Crippen molar-refractivity contribution in [3.8, 4) is 11.5 Å². The van der Waals surface area contributed by atoms with Crippen LogP contribution in [0.3, 0.4) is 0 Å². The molecule has 0 aliphatic heterocycles. The maximum atomic E-state index is 12.1. The highest BCUT2D eigenvalue weighted by molar-refractivity contribution is 5.94. The van der Waals surface area contributed by atoms with E-state index in [1.165, 1.54) is 0 Å². The van der Waals surface area contributed by atoms with Gasteiger partial charge in [0.1, 0.15) is 0 Å². The first kappa shape index (κ1) is 15.1. The molecule has 3 rings (SSSR count). The number of furan rings is 1. The number of benzene rings is 1. The van der Waals surface area contributed by atoms with E-state index in [4.69, 9.17) is 4.42 Å². The van der Waals surface area contributed by atoms with E-state index in [1.54, 1.807) is 17.2 Å². The lowest BCUT2D eigenvalue weighted by atomic mass is 10.1. The molecule has 0 bridgehead atoms. The van der Waals surface area contributed by atoms with Crippen LogP contribution in [0.1, 0.15) is 10.4 Å². The van der Waals surface area contributed by atoms with Crippen LogP contribution in [0.4, 0.5) is 0 Å². The van der Waals surface area contributed by atoms with Crippen LogP contribution in [0, 0.1) is 0 Å². The molecule has 0 amide bonds. The van der Waals surface area contributed by atoms with Crippen LogP contribution in [0.25, 0.3) is 11.5 Å². The average Bonchev–Trinajstić information content (AvgIpc) is 3.03. The van der Waals surface area contributed by atoms with Crippen molar-refractivity contribution in [2.75, 3.05) is 0 Å². The molecular weight excluding hydrogens is 332 g/mol. The highest BCUT2D eigenvalue weighted by Crippen LogP contribution is 2.14. The standard InChI is InChI=1S/C16H13N2O2.BrH/c19-15(13-5-2-1-3-6-13)11-18-9-8-14(17-12-18)16-7-4-10-20-16;/h1-10,12H,11H2;1H/q+1;/p-1. The van der Waals surface area contributed by atoms with Gasteiger partial charge in [0.25, 0.3) is 6.33 Å². The lowest BCUT2D eigenvalue weighted by Crippen LogP contribution is -3.00. The topological polar surface area (TPSA) is 47.0 Å². The maximum absolute atomic E-state index is 12.1. The predicted molar refractivity (Wildman–Crippen MR) is 72.9 cm³/mol. The van der Waals surface area contributed by atoms with Gasteiger partial charge in [-0.25, -0.2) is 4.57 Å². The van der Waals surface area contributed by atoms with Crippen LogP contribution >= 0.6 is 0 Å². The van der Waals surface area contributed by atoms with E-state index in [0.29, 0.717) is 11.3 Å². The van der Waals surface area contributed by atoms with Crippen LogP contribution in [0.5, 0.6) is 0 Å². The second kappa shape index (κ2) is 6.95. The molecule has 3 aromatic rings. The van der Waals surface area contributed by atoms with Crippen molar-refractivity contribution >= 4 is 5.78 Å². The number of Topliss-reactive ketones (excluding diaryl/α,β-unsaturated/α-hetero) is 1. The Morgan fingerprint density at radius 2 is 1.90 bits per heavy atom. The minimum atomic E-state index is 0. The molecule has 0 radical (unpaired) electrons. The van der Waals surface area contributed by atoms with Crippen molar-refractivity contribution < 1.29 is 30.8 Å². The third-order valence-electron chi connectivity index (χ3n) is 2.96. The summed E-state index contributed by atoms with van der Waals surface area (Å²) in [5, 5.41) is 0. The van der Waals surface area contributed by atoms with Crippen molar-refractivity contribution in [3.05, 3.63) is 72.9 Å². The zero-order valence-corrected chi connectivity index (χ0v) is 12.7. The van der Waals surface area contributed by atoms with Gasteiger partial charge in [-0.2, -0.15) is 0 Å². The Labute approximate surface area is 132 Å². The molecule has 0 saturated carbocycles. The van der Waals surface area contributed by atoms with Crippen LogP contribution in [0.15, 0.2) is 71.7 Å². The summed E-state index contributed by atoms with van der Waals surface area (Å²) in [6.07, 6.45) is 5.07. The first-order valence-corrected chi connectivity index (χ1v) is 6.30. The van der Waals surface area contributed by atoms with E-state index in [1.807, 2.05) is 54.7 Å². The zero-order valence-electron chi connectivity index (χ0n) is 11.1. The molecule has 0 saturated heterocycles. The molecule has 5 heteroatoms. The molecule has 2 heterocycles. The number of carbonyl (C=O) groups excluding carboxylic acids is 1. The summed E-state index contributed by atoms with van der Waals surface area (Å²) in [7, 11) is 0. The maximum Gasteiger partial charge on any atom is 0.287 e. The predicted octanol–water partition coefficient (Wildman–Crippen LogP) is -0.484. The number of hydrogen-bond donors (Lipinski definition) is 0. The molecule has 0 unspecified atom stereocenters. The normalized spacial score (nSPS) is 9.90. The highest BCUT2D eigenvalue weighted by Gasteiger charge is 2.12. The van der Waals surface area contributed by atoms with Gasteiger partial charge in [0.15, 0.2) is 12.3 Å². The van der Waals surface area contributed by atoms with Gasteiger partial charge in [-0.05, 0) is 17.1 Å². The molecule has 106 valence electrons. The third-order valence-corrected chi connectivity index (χ3v) is 2.96. The molecule has 0 atom stereocenters. The Hall–Kier alpha value is -2.27. The van der Waals surface area contributed by atoms with E-state index in [0.717, 1.165) is 5.69 Å². The summed E-state index contributed by atoms with van der Waals surface area (Å²) in [6, 6.07) is 14.7. The quantitative estimate of drug-likeness (QED) is 0.474. The summed E-state index contributed by atoms with van der Waals surface area (Å²) in [6.45, 7) is 0.273. The highest BCUT2D eigenvalue weighted by atomic mass is 79.9. The molecule has 1 aromatic carbocycles. The Morgan fingerprint density at radius 1 is 1.10 bits per heavy atom. The summed E-state index contributed by atoms with van der Waals surface area (Å²) in [4.78, 5) is 16.3. The Kier molecular flexibility index (Phi) is 5.00. The fourth-order valence-electron chi connectivity index (χ4n) is 1.93. The van der Waals surface area contributed by atoms with E-state index in [-0.39, 0.29) is 29.3 Å². The number of hydrogen-bond acceptors (Lipinski definition) is 3. The minimum absolute atomic E-state index is 0. The van der Waals surface area contributed by atoms with Gasteiger partial charge in [-0.1, -0.05) is 30.3 Å². The molecule has 0 spiro atoms. The molecule has 21 heavy (non-hydrogen) atoms. The summed E-state index contributed by atoms with van der Waals surface area (Å²) < 4.78 is 7.02. The number of halogens is 1. The van der Waals surface area contributed by atoms with E-state index in [2.05, 4.69) is 4.98 Å². The van der Waals surface area contributed by atoms with Crippen molar-refractivity contribution in [1.29, 1.82) is 0 Å². The van der Waals surface area contributed by atoms with Gasteiger partial charge >= 0.3 is 0 Å². The number of ketones is 1. The summed E-state index contributed by atoms with van der Waals surface area (Å²) in [5.74, 6) is 0.773. The van der Waals surface area contributed by atoms with Crippen LogP contribution < -0.4 is 21.5 Å². The zero-order chi connectivity index (χ0) is 13.8. The van der Waals surface area contributed by atoms with Crippen molar-refractivity contribution in [2.45, 2.75) is 6.54 Å². The molecule has 4 nitrogen and oxygen atoms in total. The van der Waals surface area contributed by atoms with Gasteiger partial charge in [0.05, 0.1) is 12.5 Å². The Morgan fingerprint density at radius 3 is 2.52 bits per heavy atom. The number of carbonyl (C=O) groups is 1. The second-order valence-corrected chi connectivity index (χ2v) is 4.38. The molecule has 0 fully saturated rings. The van der Waals surface area contributed by atoms with Crippen molar-refractivity contribution in [3.63, 3.8) is 0 Å². The fourth-order valence-corrected chi connectivity index (χ4v) is 1.93. The minimum Gasteiger partial charge on any atom is -1.00 e. The van der Waals surface area contributed by atoms with Gasteiger partial charge in [-0.15, -0.1) is 0 Å². The fraction of sp³-hybridized carbons (Fsp3) is 0.0625. The Balaban J connectivity index is 0.00000161. The Bertz CT molecular complexity index is 695. The summed E-state index contributed by atoms with van der Waals surface area (Å²) >= 11 is 0. The lowest BCUT2D eigenvalue weighted by molar-refractivity contribution is -0.686. The van der Waals surface area contributed by atoms with Crippen LogP contribution in [-0.2, 0) is 6.54 Å². The van der Waals surface area contributed by atoms with Crippen LogP contribution in [0.2, 0.25) is 0 Å². The smallest absolute Gasteiger partial charge is 0.287 e. The number of rotatable bonds is 4. The molecular formula is C16H13BrN2O2. The number of aromatic nitrogens is 2. The first-order valence-electron chi connectivity index (χ1n) is 6.30. The lowest BCUT2D eigenvalue weighted by Gasteiger charge is -1.99. The van der Waals surface area contributed by atoms with Crippen molar-refractivity contribution in [1.82, 2.24) is 4.98 Å². The SMILES string of the molecule is O=C(C[n+]1ccc(-c2ccco2)nc1)c1ccccc1.[Br-]. The van der Waals surface area contributed by atoms with E-state index in [9.17, 15) is 4.79 Å². The average molecular weight is 345 g/mol. The van der Waals surface area contributed by atoms with Crippen LogP contribution in [-0.4, -0.2) is 10.8 Å².